The third-order valence-corrected chi connectivity index (χ3v) is 3.42. The zero-order valence-electron chi connectivity index (χ0n) is 9.35. The van der Waals surface area contributed by atoms with Gasteiger partial charge in [-0.2, -0.15) is 0 Å². The molecule has 2 N–H and O–H groups in total. The fourth-order valence-corrected chi connectivity index (χ4v) is 2.35. The van der Waals surface area contributed by atoms with Gasteiger partial charge < -0.3 is 5.73 Å². The second-order valence-corrected chi connectivity index (χ2v) is 4.98. The third kappa shape index (κ3) is 3.19. The average molecular weight is 266 g/mol. The van der Waals surface area contributed by atoms with Gasteiger partial charge in [0.2, 0.25) is 0 Å². The minimum absolute atomic E-state index is 0.475. The van der Waals surface area contributed by atoms with E-state index in [0.717, 1.165) is 21.3 Å². The van der Waals surface area contributed by atoms with Crippen LogP contribution in [0.15, 0.2) is 40.5 Å². The molecule has 0 bridgehead atoms. The Morgan fingerprint density at radius 2 is 2.12 bits per heavy atom. The molecule has 2 rings (SSSR count). The molecular formula is C12H12ClN3S. The largest absolute Gasteiger partial charge is 0.326 e. The number of nitrogens with two attached hydrogens (primary N) is 1. The van der Waals surface area contributed by atoms with E-state index < -0.39 is 0 Å². The van der Waals surface area contributed by atoms with E-state index in [1.807, 2.05) is 31.2 Å². The van der Waals surface area contributed by atoms with Crippen molar-refractivity contribution in [2.45, 2.75) is 23.5 Å². The standard InChI is InChI=1S/C12H12ClN3S/c1-8-2-3-9(6-14)12(16-8)17-11-5-4-10(13)7-15-11/h2-5,7H,6,14H2,1H3. The van der Waals surface area contributed by atoms with E-state index in [1.54, 1.807) is 6.20 Å². The van der Waals surface area contributed by atoms with Crippen molar-refractivity contribution >= 4 is 23.4 Å². The lowest BCUT2D eigenvalue weighted by Gasteiger charge is -2.06. The Hall–Kier alpha value is -1.10. The van der Waals surface area contributed by atoms with Gasteiger partial charge in [-0.1, -0.05) is 17.7 Å². The highest BCUT2D eigenvalue weighted by Crippen LogP contribution is 2.27. The van der Waals surface area contributed by atoms with Gasteiger partial charge >= 0.3 is 0 Å². The van der Waals surface area contributed by atoms with Crippen LogP contribution >= 0.6 is 23.4 Å². The molecule has 0 radical (unpaired) electrons. The van der Waals surface area contributed by atoms with E-state index in [-0.39, 0.29) is 0 Å². The van der Waals surface area contributed by atoms with Crippen molar-refractivity contribution in [3.05, 3.63) is 46.7 Å². The zero-order valence-corrected chi connectivity index (χ0v) is 10.9. The molecule has 2 heterocycles. The fraction of sp³-hybridized carbons (Fsp3) is 0.167. The summed E-state index contributed by atoms with van der Waals surface area (Å²) < 4.78 is 0. The number of aryl methyl sites for hydroxylation is 1. The molecule has 0 amide bonds. The summed E-state index contributed by atoms with van der Waals surface area (Å²) in [6, 6.07) is 7.65. The SMILES string of the molecule is Cc1ccc(CN)c(Sc2ccc(Cl)cn2)n1. The quantitative estimate of drug-likeness (QED) is 0.927. The van der Waals surface area contributed by atoms with E-state index >= 15 is 0 Å². The van der Waals surface area contributed by atoms with Gasteiger partial charge in [0, 0.05) is 18.4 Å². The second-order valence-electron chi connectivity index (χ2n) is 3.54. The Kier molecular flexibility index (Phi) is 3.99. The maximum absolute atomic E-state index is 5.79. The van der Waals surface area contributed by atoms with Gasteiger partial charge in [0.1, 0.15) is 10.1 Å². The van der Waals surface area contributed by atoms with Crippen molar-refractivity contribution in [1.29, 1.82) is 0 Å². The first-order valence-electron chi connectivity index (χ1n) is 5.15. The van der Waals surface area contributed by atoms with Gasteiger partial charge in [-0.3, -0.25) is 0 Å². The lowest BCUT2D eigenvalue weighted by atomic mass is 10.2. The molecule has 0 spiro atoms. The summed E-state index contributed by atoms with van der Waals surface area (Å²) in [6.07, 6.45) is 1.63. The molecule has 88 valence electrons. The highest BCUT2D eigenvalue weighted by molar-refractivity contribution is 7.99. The van der Waals surface area contributed by atoms with Gasteiger partial charge in [-0.15, -0.1) is 0 Å². The number of halogens is 1. The molecule has 5 heteroatoms. The van der Waals surface area contributed by atoms with Gasteiger partial charge in [0.15, 0.2) is 0 Å². The summed E-state index contributed by atoms with van der Waals surface area (Å²) in [5.74, 6) is 0. The fourth-order valence-electron chi connectivity index (χ4n) is 1.33. The van der Waals surface area contributed by atoms with Crippen molar-refractivity contribution < 1.29 is 0 Å². The Balaban J connectivity index is 2.28. The molecule has 2 aromatic rings. The van der Waals surface area contributed by atoms with Crippen LogP contribution in [0.5, 0.6) is 0 Å². The van der Waals surface area contributed by atoms with E-state index in [4.69, 9.17) is 17.3 Å². The molecule has 0 aliphatic heterocycles. The van der Waals surface area contributed by atoms with Crippen LogP contribution in [0.25, 0.3) is 0 Å². The van der Waals surface area contributed by atoms with Crippen LogP contribution in [0.1, 0.15) is 11.3 Å². The summed E-state index contributed by atoms with van der Waals surface area (Å²) in [4.78, 5) is 8.70. The van der Waals surface area contributed by atoms with Crippen LogP contribution in [0.4, 0.5) is 0 Å². The zero-order chi connectivity index (χ0) is 12.3. The summed E-state index contributed by atoms with van der Waals surface area (Å²) in [7, 11) is 0. The number of hydrogen-bond donors (Lipinski definition) is 1. The minimum Gasteiger partial charge on any atom is -0.326 e. The molecule has 0 atom stereocenters. The van der Waals surface area contributed by atoms with Crippen LogP contribution < -0.4 is 5.73 Å². The summed E-state index contributed by atoms with van der Waals surface area (Å²) in [5.41, 5.74) is 7.68. The van der Waals surface area contributed by atoms with Crippen molar-refractivity contribution in [1.82, 2.24) is 9.97 Å². The third-order valence-electron chi connectivity index (χ3n) is 2.20. The first-order valence-corrected chi connectivity index (χ1v) is 6.34. The number of pyridine rings is 2. The predicted molar refractivity (Wildman–Crippen MR) is 70.2 cm³/mol. The van der Waals surface area contributed by atoms with Crippen LogP contribution in [-0.4, -0.2) is 9.97 Å². The predicted octanol–water partition coefficient (Wildman–Crippen LogP) is 3.05. The topological polar surface area (TPSA) is 51.8 Å². The van der Waals surface area contributed by atoms with Gasteiger partial charge in [-0.25, -0.2) is 9.97 Å². The number of nitrogens with zero attached hydrogens (tertiary/aromatic N) is 2. The van der Waals surface area contributed by atoms with E-state index in [2.05, 4.69) is 9.97 Å². The average Bonchev–Trinajstić information content (AvgIpc) is 2.32. The van der Waals surface area contributed by atoms with Crippen LogP contribution in [0.3, 0.4) is 0 Å². The van der Waals surface area contributed by atoms with Crippen LogP contribution in [-0.2, 0) is 6.54 Å². The second kappa shape index (κ2) is 5.49. The molecule has 0 saturated heterocycles. The maximum atomic E-state index is 5.79. The molecular weight excluding hydrogens is 254 g/mol. The Morgan fingerprint density at radius 1 is 1.29 bits per heavy atom. The Labute approximate surface area is 109 Å². The molecule has 17 heavy (non-hydrogen) atoms. The molecule has 0 aliphatic rings. The highest BCUT2D eigenvalue weighted by atomic mass is 35.5. The van der Waals surface area contributed by atoms with Crippen LogP contribution in [0.2, 0.25) is 5.02 Å². The van der Waals surface area contributed by atoms with Gasteiger partial charge in [-0.05, 0) is 42.4 Å². The summed E-state index contributed by atoms with van der Waals surface area (Å²) in [5, 5.41) is 2.40. The summed E-state index contributed by atoms with van der Waals surface area (Å²) >= 11 is 7.29. The van der Waals surface area contributed by atoms with Crippen molar-refractivity contribution in [2.75, 3.05) is 0 Å². The van der Waals surface area contributed by atoms with E-state index in [0.29, 0.717) is 11.6 Å². The molecule has 0 aliphatic carbocycles. The normalized spacial score (nSPS) is 10.5. The smallest absolute Gasteiger partial charge is 0.107 e. The van der Waals surface area contributed by atoms with Crippen molar-refractivity contribution in [2.24, 2.45) is 5.73 Å². The Bertz CT molecular complexity index is 514. The van der Waals surface area contributed by atoms with Crippen molar-refractivity contribution in [3.8, 4) is 0 Å². The molecule has 2 aromatic heterocycles. The van der Waals surface area contributed by atoms with E-state index in [9.17, 15) is 0 Å². The molecule has 0 aromatic carbocycles. The lowest BCUT2D eigenvalue weighted by Crippen LogP contribution is -2.01. The molecule has 3 nitrogen and oxygen atoms in total. The Morgan fingerprint density at radius 3 is 2.76 bits per heavy atom. The van der Waals surface area contributed by atoms with Gasteiger partial charge in [0.25, 0.3) is 0 Å². The molecule has 0 fully saturated rings. The monoisotopic (exact) mass is 265 g/mol. The number of aromatic nitrogens is 2. The van der Waals surface area contributed by atoms with E-state index in [1.165, 1.54) is 11.8 Å². The lowest BCUT2D eigenvalue weighted by molar-refractivity contribution is 0.938. The number of hydrogen-bond acceptors (Lipinski definition) is 4. The van der Waals surface area contributed by atoms with Crippen molar-refractivity contribution in [3.63, 3.8) is 0 Å². The molecule has 0 saturated carbocycles. The van der Waals surface area contributed by atoms with Gasteiger partial charge in [0.05, 0.1) is 5.02 Å². The summed E-state index contributed by atoms with van der Waals surface area (Å²) in [6.45, 7) is 2.43. The molecule has 0 unspecified atom stereocenters. The maximum Gasteiger partial charge on any atom is 0.107 e. The first kappa shape index (κ1) is 12.4. The minimum atomic E-state index is 0.475. The highest BCUT2D eigenvalue weighted by Gasteiger charge is 2.06. The first-order chi connectivity index (χ1) is 8.19. The number of rotatable bonds is 3. The van der Waals surface area contributed by atoms with Crippen LogP contribution in [0, 0.1) is 6.92 Å².